The molecule has 0 bridgehead atoms. The minimum absolute atomic E-state index is 0.281. The Balaban J connectivity index is 1.71. The lowest BCUT2D eigenvalue weighted by atomic mass is 10.2. The Morgan fingerprint density at radius 2 is 1.87 bits per heavy atom. The van der Waals surface area contributed by atoms with Gasteiger partial charge in [0, 0.05) is 13.1 Å². The van der Waals surface area contributed by atoms with Gasteiger partial charge in [0.05, 0.1) is 17.5 Å². The maximum absolute atomic E-state index is 12.8. The Labute approximate surface area is 137 Å². The summed E-state index contributed by atoms with van der Waals surface area (Å²) in [5.41, 5.74) is 4.07. The second-order valence-corrected chi connectivity index (χ2v) is 9.50. The quantitative estimate of drug-likeness (QED) is 0.823. The molecule has 1 amide bonds. The van der Waals surface area contributed by atoms with E-state index in [1.54, 1.807) is 4.90 Å². The number of sulfonamides is 1. The van der Waals surface area contributed by atoms with Crippen LogP contribution in [-0.2, 0) is 14.8 Å². The summed E-state index contributed by atoms with van der Waals surface area (Å²) in [6.07, 6.45) is 2.98. The van der Waals surface area contributed by atoms with E-state index >= 15 is 0 Å². The van der Waals surface area contributed by atoms with E-state index in [1.807, 2.05) is 20.8 Å². The zero-order valence-electron chi connectivity index (χ0n) is 14.0. The fraction of sp³-hybridized carbons (Fsp3) is 0.800. The highest BCUT2D eigenvalue weighted by molar-refractivity contribution is 7.89. The van der Waals surface area contributed by atoms with Gasteiger partial charge in [0.2, 0.25) is 0 Å². The highest BCUT2D eigenvalue weighted by Gasteiger charge is 2.43. The van der Waals surface area contributed by atoms with Crippen molar-refractivity contribution in [1.29, 1.82) is 0 Å². The van der Waals surface area contributed by atoms with Gasteiger partial charge in [0.1, 0.15) is 5.60 Å². The SMILES string of the molecule is CC(C)(C)OC(=O)N1CC2=C(C1)N(S(=O)(=O)C1CCCC1)NC2. The highest BCUT2D eigenvalue weighted by atomic mass is 32.2. The van der Waals surface area contributed by atoms with Gasteiger partial charge in [0.25, 0.3) is 10.0 Å². The molecule has 0 atom stereocenters. The number of amides is 1. The molecule has 2 heterocycles. The molecule has 1 saturated carbocycles. The summed E-state index contributed by atoms with van der Waals surface area (Å²) in [6.45, 7) is 6.64. The van der Waals surface area contributed by atoms with Crippen LogP contribution in [0.15, 0.2) is 11.3 Å². The summed E-state index contributed by atoms with van der Waals surface area (Å²) in [4.78, 5) is 13.8. The van der Waals surface area contributed by atoms with Gasteiger partial charge in [-0.3, -0.25) is 4.90 Å². The molecule has 0 spiro atoms. The van der Waals surface area contributed by atoms with E-state index in [0.29, 0.717) is 18.8 Å². The molecule has 1 aliphatic carbocycles. The van der Waals surface area contributed by atoms with Crippen molar-refractivity contribution < 1.29 is 17.9 Å². The van der Waals surface area contributed by atoms with Gasteiger partial charge >= 0.3 is 6.09 Å². The van der Waals surface area contributed by atoms with Gasteiger partial charge in [-0.05, 0) is 39.2 Å². The molecule has 130 valence electrons. The van der Waals surface area contributed by atoms with Gasteiger partial charge in [-0.2, -0.15) is 0 Å². The number of ether oxygens (including phenoxy) is 1. The first-order chi connectivity index (χ1) is 10.7. The van der Waals surface area contributed by atoms with Crippen molar-refractivity contribution in [3.63, 3.8) is 0 Å². The molecular weight excluding hydrogens is 318 g/mol. The Kier molecular flexibility index (Phi) is 4.08. The summed E-state index contributed by atoms with van der Waals surface area (Å²) in [6, 6.07) is 0. The van der Waals surface area contributed by atoms with Crippen molar-refractivity contribution in [2.75, 3.05) is 19.6 Å². The van der Waals surface area contributed by atoms with E-state index in [2.05, 4.69) is 5.43 Å². The molecule has 0 radical (unpaired) electrons. The van der Waals surface area contributed by atoms with E-state index < -0.39 is 21.7 Å². The van der Waals surface area contributed by atoms with E-state index in [4.69, 9.17) is 4.74 Å². The zero-order valence-corrected chi connectivity index (χ0v) is 14.8. The number of rotatable bonds is 2. The maximum Gasteiger partial charge on any atom is 0.410 e. The van der Waals surface area contributed by atoms with Crippen LogP contribution in [0.3, 0.4) is 0 Å². The molecule has 1 N–H and O–H groups in total. The van der Waals surface area contributed by atoms with Crippen molar-refractivity contribution in [3.05, 3.63) is 11.3 Å². The predicted molar refractivity (Wildman–Crippen MR) is 85.9 cm³/mol. The summed E-state index contributed by atoms with van der Waals surface area (Å²) in [7, 11) is -3.39. The molecular formula is C15H25N3O4S. The lowest BCUT2D eigenvalue weighted by Crippen LogP contribution is -2.46. The third-order valence-electron chi connectivity index (χ3n) is 4.44. The molecule has 3 aliphatic rings. The van der Waals surface area contributed by atoms with E-state index in [9.17, 15) is 13.2 Å². The highest BCUT2D eigenvalue weighted by Crippen LogP contribution is 2.33. The first kappa shape index (κ1) is 16.6. The smallest absolute Gasteiger partial charge is 0.410 e. The maximum atomic E-state index is 12.8. The van der Waals surface area contributed by atoms with Crippen LogP contribution in [0.2, 0.25) is 0 Å². The van der Waals surface area contributed by atoms with Gasteiger partial charge in [0.15, 0.2) is 0 Å². The minimum Gasteiger partial charge on any atom is -0.444 e. The number of hydrogen-bond donors (Lipinski definition) is 1. The van der Waals surface area contributed by atoms with Crippen LogP contribution in [0, 0.1) is 0 Å². The largest absolute Gasteiger partial charge is 0.444 e. The first-order valence-electron chi connectivity index (χ1n) is 8.15. The number of nitrogens with one attached hydrogen (secondary N) is 1. The van der Waals surface area contributed by atoms with Crippen molar-refractivity contribution in [1.82, 2.24) is 14.7 Å². The second-order valence-electron chi connectivity index (χ2n) is 7.44. The Morgan fingerprint density at radius 1 is 1.22 bits per heavy atom. The molecule has 0 unspecified atom stereocenters. The van der Waals surface area contributed by atoms with Crippen molar-refractivity contribution in [3.8, 4) is 0 Å². The van der Waals surface area contributed by atoms with Gasteiger partial charge in [-0.25, -0.2) is 23.1 Å². The standard InChI is InChI=1S/C15H25N3O4S/c1-15(2,3)22-14(19)17-9-11-8-16-18(13(11)10-17)23(20,21)12-6-4-5-7-12/h12,16H,4-10H2,1-3H3. The third-order valence-corrected chi connectivity index (χ3v) is 6.61. The van der Waals surface area contributed by atoms with E-state index in [1.165, 1.54) is 4.41 Å². The lowest BCUT2D eigenvalue weighted by Gasteiger charge is -2.28. The lowest BCUT2D eigenvalue weighted by molar-refractivity contribution is 0.0290. The monoisotopic (exact) mass is 343 g/mol. The predicted octanol–water partition coefficient (Wildman–Crippen LogP) is 1.58. The van der Waals surface area contributed by atoms with E-state index in [0.717, 1.165) is 31.3 Å². The molecule has 7 nitrogen and oxygen atoms in total. The van der Waals surface area contributed by atoms with Gasteiger partial charge in [-0.1, -0.05) is 12.8 Å². The van der Waals surface area contributed by atoms with Crippen LogP contribution in [0.4, 0.5) is 4.79 Å². The summed E-state index contributed by atoms with van der Waals surface area (Å²) in [5.74, 6) is 0. The molecule has 1 fully saturated rings. The topological polar surface area (TPSA) is 79.0 Å². The molecule has 0 aromatic rings. The molecule has 3 rings (SSSR count). The van der Waals surface area contributed by atoms with Crippen molar-refractivity contribution >= 4 is 16.1 Å². The summed E-state index contributed by atoms with van der Waals surface area (Å²) >= 11 is 0. The van der Waals surface area contributed by atoms with Crippen LogP contribution in [0.1, 0.15) is 46.5 Å². The van der Waals surface area contributed by atoms with Crippen molar-refractivity contribution in [2.24, 2.45) is 0 Å². The second kappa shape index (κ2) is 5.66. The molecule has 2 aliphatic heterocycles. The van der Waals surface area contributed by atoms with Crippen LogP contribution in [0.5, 0.6) is 0 Å². The molecule has 0 aromatic heterocycles. The zero-order chi connectivity index (χ0) is 16.8. The number of hydrogen-bond acceptors (Lipinski definition) is 5. The fourth-order valence-electron chi connectivity index (χ4n) is 3.33. The molecule has 8 heteroatoms. The van der Waals surface area contributed by atoms with Crippen LogP contribution < -0.4 is 5.43 Å². The van der Waals surface area contributed by atoms with Crippen LogP contribution >= 0.6 is 0 Å². The minimum atomic E-state index is -3.39. The summed E-state index contributed by atoms with van der Waals surface area (Å²) in [5, 5.41) is -0.308. The number of carbonyl (C=O) groups is 1. The van der Waals surface area contributed by atoms with Crippen molar-refractivity contribution in [2.45, 2.75) is 57.3 Å². The normalized spacial score (nSPS) is 22.9. The summed E-state index contributed by atoms with van der Waals surface area (Å²) < 4.78 is 32.3. The average Bonchev–Trinajstić information content (AvgIpc) is 3.13. The number of hydrazine groups is 1. The van der Waals surface area contributed by atoms with Gasteiger partial charge < -0.3 is 4.74 Å². The van der Waals surface area contributed by atoms with E-state index in [-0.39, 0.29) is 11.8 Å². The Bertz CT molecular complexity index is 630. The number of carbonyl (C=O) groups excluding carboxylic acids is 1. The Hall–Kier alpha value is -1.28. The Morgan fingerprint density at radius 3 is 2.48 bits per heavy atom. The fourth-order valence-corrected chi connectivity index (χ4v) is 5.30. The first-order valence-corrected chi connectivity index (χ1v) is 9.65. The molecule has 0 aromatic carbocycles. The van der Waals surface area contributed by atoms with Gasteiger partial charge in [-0.15, -0.1) is 0 Å². The third kappa shape index (κ3) is 3.19. The van der Waals surface area contributed by atoms with Crippen LogP contribution in [0.25, 0.3) is 0 Å². The van der Waals surface area contributed by atoms with Crippen LogP contribution in [-0.4, -0.2) is 54.3 Å². The average molecular weight is 343 g/mol. The number of nitrogens with zero attached hydrogens (tertiary/aromatic N) is 2. The molecule has 23 heavy (non-hydrogen) atoms. The molecule has 0 saturated heterocycles.